The van der Waals surface area contributed by atoms with Gasteiger partial charge in [-0.1, -0.05) is 190 Å². The number of anilines is 3. The third-order valence-corrected chi connectivity index (χ3v) is 11.4. The van der Waals surface area contributed by atoms with Crippen LogP contribution in [0, 0.1) is 0 Å². The summed E-state index contributed by atoms with van der Waals surface area (Å²) in [6.07, 6.45) is 0. The Labute approximate surface area is 317 Å². The zero-order chi connectivity index (χ0) is 36.2. The number of benzene rings is 9. The monoisotopic (exact) mass is 689 g/mol. The normalized spacial score (nSPS) is 12.8. The van der Waals surface area contributed by atoms with Gasteiger partial charge < -0.3 is 4.90 Å². The van der Waals surface area contributed by atoms with Crippen molar-refractivity contribution < 1.29 is 0 Å². The minimum absolute atomic E-state index is 0.215. The summed E-state index contributed by atoms with van der Waals surface area (Å²) < 4.78 is 0. The molecule has 0 aromatic heterocycles. The highest BCUT2D eigenvalue weighted by molar-refractivity contribution is 6.09. The molecule has 10 rings (SSSR count). The first kappa shape index (κ1) is 32.0. The van der Waals surface area contributed by atoms with E-state index >= 15 is 0 Å². The highest BCUT2D eigenvalue weighted by atomic mass is 15.1. The quantitative estimate of drug-likeness (QED) is 0.157. The molecular formula is C53H39N. The lowest BCUT2D eigenvalue weighted by molar-refractivity contribution is 0.661. The summed E-state index contributed by atoms with van der Waals surface area (Å²) in [5.74, 6) is 0. The van der Waals surface area contributed by atoms with Crippen LogP contribution in [0.1, 0.15) is 25.0 Å². The second-order valence-corrected chi connectivity index (χ2v) is 14.9. The molecule has 1 heteroatoms. The standard InChI is InChI=1S/C53H39N/c1-53(2)48-28-14-13-24-45(48)47-27-16-30-50(52(47)53)54(40-33-34-43-39(35-40)32-31-38-21-9-10-22-41(38)43)49-29-15-26-44(37-19-7-4-8-20-37)51(49)46-25-12-11-23-42(46)36-17-5-3-6-18-36/h3-35H,1-2H3. The molecule has 9 aromatic carbocycles. The lowest BCUT2D eigenvalue weighted by Gasteiger charge is -2.34. The van der Waals surface area contributed by atoms with E-state index in [1.165, 1.54) is 82.9 Å². The number of hydrogen-bond acceptors (Lipinski definition) is 1. The summed E-state index contributed by atoms with van der Waals surface area (Å²) in [5, 5.41) is 5.01. The van der Waals surface area contributed by atoms with Crippen molar-refractivity contribution in [3.63, 3.8) is 0 Å². The van der Waals surface area contributed by atoms with Crippen molar-refractivity contribution in [2.75, 3.05) is 4.90 Å². The molecule has 0 amide bonds. The van der Waals surface area contributed by atoms with Crippen LogP contribution in [-0.4, -0.2) is 0 Å². The van der Waals surface area contributed by atoms with Crippen LogP contribution in [0.5, 0.6) is 0 Å². The maximum absolute atomic E-state index is 2.55. The third kappa shape index (κ3) is 5.08. The van der Waals surface area contributed by atoms with Crippen molar-refractivity contribution in [1.29, 1.82) is 0 Å². The van der Waals surface area contributed by atoms with Gasteiger partial charge in [0.1, 0.15) is 0 Å². The van der Waals surface area contributed by atoms with Gasteiger partial charge in [-0.25, -0.2) is 0 Å². The second kappa shape index (κ2) is 12.8. The minimum Gasteiger partial charge on any atom is -0.309 e. The van der Waals surface area contributed by atoms with Crippen LogP contribution in [0.3, 0.4) is 0 Å². The summed E-state index contributed by atoms with van der Waals surface area (Å²) in [4.78, 5) is 2.55. The largest absolute Gasteiger partial charge is 0.309 e. The van der Waals surface area contributed by atoms with Crippen molar-refractivity contribution in [2.45, 2.75) is 19.3 Å². The molecule has 9 aromatic rings. The van der Waals surface area contributed by atoms with Crippen LogP contribution >= 0.6 is 0 Å². The Morgan fingerprint density at radius 2 is 0.926 bits per heavy atom. The summed E-state index contributed by atoms with van der Waals surface area (Å²) in [6.45, 7) is 4.77. The number of fused-ring (bicyclic) bond motifs is 6. The van der Waals surface area contributed by atoms with E-state index in [1.54, 1.807) is 0 Å². The summed E-state index contributed by atoms with van der Waals surface area (Å²) >= 11 is 0. The Bertz CT molecular complexity index is 2850. The smallest absolute Gasteiger partial charge is 0.0546 e. The van der Waals surface area contributed by atoms with Gasteiger partial charge in [0.25, 0.3) is 0 Å². The van der Waals surface area contributed by atoms with Crippen LogP contribution in [0.25, 0.3) is 66.1 Å². The molecule has 0 saturated heterocycles. The first-order valence-corrected chi connectivity index (χ1v) is 18.9. The van der Waals surface area contributed by atoms with Crippen LogP contribution in [-0.2, 0) is 5.41 Å². The molecule has 1 aliphatic rings. The predicted molar refractivity (Wildman–Crippen MR) is 230 cm³/mol. The Hall–Kier alpha value is -6.70. The van der Waals surface area contributed by atoms with Crippen molar-refractivity contribution in [3.05, 3.63) is 211 Å². The predicted octanol–water partition coefficient (Wildman–Crippen LogP) is 14.8. The van der Waals surface area contributed by atoms with Gasteiger partial charge in [0.05, 0.1) is 11.4 Å². The zero-order valence-corrected chi connectivity index (χ0v) is 30.5. The van der Waals surface area contributed by atoms with E-state index < -0.39 is 0 Å². The number of rotatable bonds is 6. The Morgan fingerprint density at radius 1 is 0.370 bits per heavy atom. The van der Waals surface area contributed by atoms with Gasteiger partial charge >= 0.3 is 0 Å². The van der Waals surface area contributed by atoms with Gasteiger partial charge in [-0.3, -0.25) is 0 Å². The fourth-order valence-corrected chi connectivity index (χ4v) is 8.99. The van der Waals surface area contributed by atoms with E-state index in [4.69, 9.17) is 0 Å². The second-order valence-electron chi connectivity index (χ2n) is 14.9. The van der Waals surface area contributed by atoms with E-state index in [2.05, 4.69) is 219 Å². The van der Waals surface area contributed by atoms with Crippen molar-refractivity contribution in [3.8, 4) is 44.5 Å². The average Bonchev–Trinajstić information content (AvgIpc) is 3.47. The highest BCUT2D eigenvalue weighted by Gasteiger charge is 2.39. The van der Waals surface area contributed by atoms with Gasteiger partial charge in [-0.15, -0.1) is 0 Å². The van der Waals surface area contributed by atoms with Gasteiger partial charge in [0.2, 0.25) is 0 Å². The molecule has 0 fully saturated rings. The van der Waals surface area contributed by atoms with Crippen molar-refractivity contribution in [2.24, 2.45) is 0 Å². The molecule has 1 nitrogen and oxygen atoms in total. The van der Waals surface area contributed by atoms with Gasteiger partial charge in [-0.2, -0.15) is 0 Å². The van der Waals surface area contributed by atoms with Crippen LogP contribution in [0.15, 0.2) is 200 Å². The summed E-state index contributed by atoms with van der Waals surface area (Å²) in [5.41, 5.74) is 15.8. The molecule has 1 aliphatic carbocycles. The molecule has 54 heavy (non-hydrogen) atoms. The minimum atomic E-state index is -0.215. The molecule has 0 atom stereocenters. The first-order valence-electron chi connectivity index (χ1n) is 18.9. The first-order chi connectivity index (χ1) is 26.6. The van der Waals surface area contributed by atoms with Gasteiger partial charge in [-0.05, 0) is 95.9 Å². The maximum atomic E-state index is 2.55. The van der Waals surface area contributed by atoms with E-state index in [0.717, 1.165) is 11.4 Å². The lowest BCUT2D eigenvalue weighted by Crippen LogP contribution is -2.21. The molecule has 0 aliphatic heterocycles. The molecule has 0 heterocycles. The topological polar surface area (TPSA) is 3.24 Å². The molecule has 0 unspecified atom stereocenters. The Balaban J connectivity index is 1.32. The molecule has 0 spiro atoms. The SMILES string of the molecule is CC1(C)c2ccccc2-c2cccc(N(c3ccc4c(ccc5ccccc54)c3)c3cccc(-c4ccccc4)c3-c3ccccc3-c3ccccc3)c21. The van der Waals surface area contributed by atoms with E-state index in [-0.39, 0.29) is 5.41 Å². The number of nitrogens with zero attached hydrogens (tertiary/aromatic N) is 1. The summed E-state index contributed by atoms with van der Waals surface area (Å²) in [6, 6.07) is 73.5. The van der Waals surface area contributed by atoms with E-state index in [0.29, 0.717) is 0 Å². The van der Waals surface area contributed by atoms with Crippen molar-refractivity contribution in [1.82, 2.24) is 0 Å². The van der Waals surface area contributed by atoms with Crippen LogP contribution in [0.2, 0.25) is 0 Å². The lowest BCUT2D eigenvalue weighted by atomic mass is 9.81. The molecule has 0 saturated carbocycles. The van der Waals surface area contributed by atoms with Gasteiger partial charge in [0.15, 0.2) is 0 Å². The maximum Gasteiger partial charge on any atom is 0.0546 e. The molecule has 256 valence electrons. The van der Waals surface area contributed by atoms with Crippen LogP contribution < -0.4 is 4.90 Å². The van der Waals surface area contributed by atoms with E-state index in [1.807, 2.05) is 0 Å². The average molecular weight is 690 g/mol. The third-order valence-electron chi connectivity index (χ3n) is 11.4. The molecule has 0 radical (unpaired) electrons. The van der Waals surface area contributed by atoms with Gasteiger partial charge in [0, 0.05) is 16.7 Å². The fraction of sp³-hybridized carbons (Fsp3) is 0.0566. The molecule has 0 N–H and O–H groups in total. The highest BCUT2D eigenvalue weighted by Crippen LogP contribution is 2.56. The fourth-order valence-electron chi connectivity index (χ4n) is 8.99. The van der Waals surface area contributed by atoms with Crippen molar-refractivity contribution >= 4 is 38.6 Å². The molecular weight excluding hydrogens is 651 g/mol. The Kier molecular flexibility index (Phi) is 7.56. The van der Waals surface area contributed by atoms with E-state index in [9.17, 15) is 0 Å². The zero-order valence-electron chi connectivity index (χ0n) is 30.5. The number of hydrogen-bond donors (Lipinski definition) is 0. The van der Waals surface area contributed by atoms with Crippen LogP contribution in [0.4, 0.5) is 17.1 Å². The Morgan fingerprint density at radius 3 is 1.70 bits per heavy atom. The summed E-state index contributed by atoms with van der Waals surface area (Å²) in [7, 11) is 0. The molecule has 0 bridgehead atoms.